The fraction of sp³-hybridized carbons (Fsp3) is 0.240. The molecular weight excluding hydrogens is 503 g/mol. The van der Waals surface area contributed by atoms with Gasteiger partial charge in [-0.1, -0.05) is 0 Å². The molecule has 38 heavy (non-hydrogen) atoms. The highest BCUT2D eigenvalue weighted by atomic mass is 19.3. The zero-order chi connectivity index (χ0) is 27.4. The topological polar surface area (TPSA) is 137 Å². The Balaban J connectivity index is 1.69. The summed E-state index contributed by atoms with van der Waals surface area (Å²) >= 11 is 0. The van der Waals surface area contributed by atoms with Gasteiger partial charge >= 0.3 is 6.61 Å². The molecule has 4 aromatic heterocycles. The van der Waals surface area contributed by atoms with Crippen LogP contribution in [0.4, 0.5) is 24.5 Å². The maximum atomic E-state index is 14.2. The number of nitriles is 1. The first-order valence-electron chi connectivity index (χ1n) is 11.3. The van der Waals surface area contributed by atoms with Gasteiger partial charge in [0, 0.05) is 12.3 Å². The lowest BCUT2D eigenvalue weighted by Gasteiger charge is -2.22. The number of anilines is 2. The van der Waals surface area contributed by atoms with Gasteiger partial charge in [-0.2, -0.15) is 19.1 Å². The number of aliphatic hydroxyl groups is 1. The first-order valence-corrected chi connectivity index (χ1v) is 11.3. The average Bonchev–Trinajstić information content (AvgIpc) is 3.30. The number of fused-ring (bicyclic) bond motifs is 1. The standard InChI is InChI=1S/C25H22F3N7O3/c1-25(2,37)21(26)13-32-23(36)17-12-30-19(20-5-4-16-7-14(9-29)10-33-35(16)20)8-18(17)34-15-3-6-22(31-11-15)38-24(27)28/h3-8,10-12,21,24,37H,13H2,1-2H3,(H,30,34)(H,32,36)/t21-/m1/s1. The molecule has 1 amide bonds. The van der Waals surface area contributed by atoms with Crippen LogP contribution >= 0.6 is 0 Å². The Morgan fingerprint density at radius 1 is 1.16 bits per heavy atom. The van der Waals surface area contributed by atoms with Gasteiger partial charge in [-0.15, -0.1) is 0 Å². The van der Waals surface area contributed by atoms with E-state index in [-0.39, 0.29) is 17.1 Å². The summed E-state index contributed by atoms with van der Waals surface area (Å²) in [5, 5.41) is 28.6. The van der Waals surface area contributed by atoms with Gasteiger partial charge in [-0.25, -0.2) is 13.9 Å². The van der Waals surface area contributed by atoms with Crippen LogP contribution in [0.3, 0.4) is 0 Å². The number of carbonyl (C=O) groups excluding carboxylic acids is 1. The van der Waals surface area contributed by atoms with Crippen LogP contribution in [-0.4, -0.2) is 55.5 Å². The summed E-state index contributed by atoms with van der Waals surface area (Å²) in [4.78, 5) is 21.1. The third kappa shape index (κ3) is 5.98. The first kappa shape index (κ1) is 26.4. The molecule has 0 unspecified atom stereocenters. The van der Waals surface area contributed by atoms with Crippen molar-refractivity contribution < 1.29 is 27.8 Å². The molecule has 0 radical (unpaired) electrons. The van der Waals surface area contributed by atoms with E-state index in [9.17, 15) is 23.1 Å². The van der Waals surface area contributed by atoms with E-state index in [0.29, 0.717) is 28.2 Å². The smallest absolute Gasteiger partial charge is 0.388 e. The summed E-state index contributed by atoms with van der Waals surface area (Å²) < 4.78 is 44.9. The zero-order valence-electron chi connectivity index (χ0n) is 20.2. The minimum atomic E-state index is -3.03. The lowest BCUT2D eigenvalue weighted by atomic mass is 10.0. The van der Waals surface area contributed by atoms with Crippen molar-refractivity contribution in [3.05, 3.63) is 66.1 Å². The molecule has 4 aromatic rings. The SMILES string of the molecule is CC(C)(O)[C@H](F)CNC(=O)c1cnc(-c2ccc3cc(C#N)cnn23)cc1Nc1ccc(OC(F)F)nc1. The number of alkyl halides is 3. The molecule has 0 aliphatic heterocycles. The van der Waals surface area contributed by atoms with Gasteiger partial charge in [-0.05, 0) is 44.2 Å². The lowest BCUT2D eigenvalue weighted by molar-refractivity contribution is -0.0528. The first-order chi connectivity index (χ1) is 18.0. The number of amides is 1. The minimum absolute atomic E-state index is 0.0465. The summed E-state index contributed by atoms with van der Waals surface area (Å²) in [7, 11) is 0. The fourth-order valence-corrected chi connectivity index (χ4v) is 3.43. The number of hydrogen-bond donors (Lipinski definition) is 3. The van der Waals surface area contributed by atoms with Crippen molar-refractivity contribution >= 4 is 22.8 Å². The molecule has 0 saturated heterocycles. The van der Waals surface area contributed by atoms with Crippen LogP contribution in [0.5, 0.6) is 5.88 Å². The molecular formula is C25H22F3N7O3. The van der Waals surface area contributed by atoms with Crippen LogP contribution in [0.2, 0.25) is 0 Å². The Kier molecular flexibility index (Phi) is 7.45. The summed E-state index contributed by atoms with van der Waals surface area (Å²) in [6.45, 7) is -0.898. The van der Waals surface area contributed by atoms with Gasteiger partial charge in [0.15, 0.2) is 0 Å². The van der Waals surface area contributed by atoms with E-state index in [4.69, 9.17) is 5.26 Å². The predicted molar refractivity (Wildman–Crippen MR) is 131 cm³/mol. The van der Waals surface area contributed by atoms with Crippen LogP contribution in [0.15, 0.2) is 55.0 Å². The van der Waals surface area contributed by atoms with Gasteiger partial charge in [0.2, 0.25) is 5.88 Å². The summed E-state index contributed by atoms with van der Waals surface area (Å²) in [5.74, 6) is -0.956. The molecule has 0 fully saturated rings. The van der Waals surface area contributed by atoms with E-state index in [1.54, 1.807) is 28.8 Å². The molecule has 0 bridgehead atoms. The molecule has 0 saturated carbocycles. The second kappa shape index (κ2) is 10.7. The van der Waals surface area contributed by atoms with Crippen molar-refractivity contribution in [3.8, 4) is 23.3 Å². The number of halogens is 3. The highest BCUT2D eigenvalue weighted by Gasteiger charge is 2.27. The van der Waals surface area contributed by atoms with Crippen LogP contribution in [0.1, 0.15) is 29.8 Å². The molecule has 13 heteroatoms. The molecule has 0 spiro atoms. The number of aromatic nitrogens is 4. The Bertz CT molecular complexity index is 1500. The third-order valence-electron chi connectivity index (χ3n) is 5.47. The van der Waals surface area contributed by atoms with E-state index in [1.807, 2.05) is 6.07 Å². The number of ether oxygens (including phenoxy) is 1. The monoisotopic (exact) mass is 525 g/mol. The van der Waals surface area contributed by atoms with Crippen molar-refractivity contribution in [2.24, 2.45) is 0 Å². The van der Waals surface area contributed by atoms with Crippen molar-refractivity contribution in [1.29, 1.82) is 5.26 Å². The quantitative estimate of drug-likeness (QED) is 0.300. The van der Waals surface area contributed by atoms with Gasteiger partial charge in [0.25, 0.3) is 5.91 Å². The molecule has 0 aromatic carbocycles. The zero-order valence-corrected chi connectivity index (χ0v) is 20.2. The molecule has 3 N–H and O–H groups in total. The van der Waals surface area contributed by atoms with E-state index >= 15 is 0 Å². The van der Waals surface area contributed by atoms with Crippen LogP contribution in [-0.2, 0) is 0 Å². The predicted octanol–water partition coefficient (Wildman–Crippen LogP) is 3.85. The molecule has 0 aliphatic rings. The highest BCUT2D eigenvalue weighted by molar-refractivity contribution is 6.00. The molecule has 4 rings (SSSR count). The van der Waals surface area contributed by atoms with Gasteiger partial charge in [0.05, 0.1) is 63.9 Å². The molecule has 0 aliphatic carbocycles. The minimum Gasteiger partial charge on any atom is -0.417 e. The van der Waals surface area contributed by atoms with Gasteiger partial charge in [0.1, 0.15) is 12.2 Å². The molecule has 196 valence electrons. The lowest BCUT2D eigenvalue weighted by Crippen LogP contribution is -2.42. The number of rotatable bonds is 9. The van der Waals surface area contributed by atoms with E-state index in [1.165, 1.54) is 44.6 Å². The molecule has 1 atom stereocenters. The van der Waals surface area contributed by atoms with Gasteiger partial charge < -0.3 is 20.5 Å². The largest absolute Gasteiger partial charge is 0.417 e. The maximum Gasteiger partial charge on any atom is 0.388 e. The van der Waals surface area contributed by atoms with E-state index in [2.05, 4.69) is 30.4 Å². The Morgan fingerprint density at radius 3 is 2.61 bits per heavy atom. The van der Waals surface area contributed by atoms with E-state index < -0.39 is 30.8 Å². The Hall–Kier alpha value is -4.70. The summed E-state index contributed by atoms with van der Waals surface area (Å²) in [6.07, 6.45) is 2.21. The number of nitrogens with one attached hydrogen (secondary N) is 2. The second-order valence-electron chi connectivity index (χ2n) is 8.75. The molecule has 4 heterocycles. The maximum absolute atomic E-state index is 14.2. The Morgan fingerprint density at radius 2 is 1.95 bits per heavy atom. The highest BCUT2D eigenvalue weighted by Crippen LogP contribution is 2.28. The Labute approximate surface area is 214 Å². The third-order valence-corrected chi connectivity index (χ3v) is 5.47. The number of nitrogens with zero attached hydrogens (tertiary/aromatic N) is 5. The van der Waals surface area contributed by atoms with Crippen molar-refractivity contribution in [2.75, 3.05) is 11.9 Å². The number of carbonyl (C=O) groups is 1. The average molecular weight is 525 g/mol. The fourth-order valence-electron chi connectivity index (χ4n) is 3.43. The summed E-state index contributed by atoms with van der Waals surface area (Å²) in [6, 6.07) is 11.4. The second-order valence-corrected chi connectivity index (χ2v) is 8.75. The van der Waals surface area contributed by atoms with Crippen molar-refractivity contribution in [1.82, 2.24) is 24.9 Å². The van der Waals surface area contributed by atoms with Crippen LogP contribution < -0.4 is 15.4 Å². The normalized spacial score (nSPS) is 12.3. The van der Waals surface area contributed by atoms with E-state index in [0.717, 1.165) is 0 Å². The van der Waals surface area contributed by atoms with Crippen LogP contribution in [0.25, 0.3) is 16.9 Å². The van der Waals surface area contributed by atoms with Crippen molar-refractivity contribution in [2.45, 2.75) is 32.2 Å². The molecule has 10 nitrogen and oxygen atoms in total. The van der Waals surface area contributed by atoms with Crippen LogP contribution in [0, 0.1) is 11.3 Å². The summed E-state index contributed by atoms with van der Waals surface area (Å²) in [5.41, 5.74) is 0.985. The number of hydrogen-bond acceptors (Lipinski definition) is 8. The number of pyridine rings is 2. The van der Waals surface area contributed by atoms with Crippen molar-refractivity contribution in [3.63, 3.8) is 0 Å². The van der Waals surface area contributed by atoms with Gasteiger partial charge in [-0.3, -0.25) is 9.78 Å².